The smallest absolute Gasteiger partial charge is 0.241 e. The minimum absolute atomic E-state index is 0. The number of pyridine rings is 1. The van der Waals surface area contributed by atoms with Crippen LogP contribution in [0.5, 0.6) is 0 Å². The molecule has 0 aliphatic carbocycles. The Morgan fingerprint density at radius 1 is 1.33 bits per heavy atom. The lowest BCUT2D eigenvalue weighted by Crippen LogP contribution is -2.44. The predicted octanol–water partition coefficient (Wildman–Crippen LogP) is 1.58. The van der Waals surface area contributed by atoms with Crippen LogP contribution in [-0.2, 0) is 10.2 Å². The van der Waals surface area contributed by atoms with Gasteiger partial charge in [0.1, 0.15) is 11.2 Å². The van der Waals surface area contributed by atoms with E-state index in [4.69, 9.17) is 0 Å². The zero-order valence-corrected chi connectivity index (χ0v) is 11.5. The van der Waals surface area contributed by atoms with Crippen molar-refractivity contribution in [2.75, 3.05) is 18.4 Å². The number of aryl methyl sites for hydroxylation is 1. The Morgan fingerprint density at radius 3 is 2.78 bits per heavy atom. The van der Waals surface area contributed by atoms with Crippen LogP contribution in [0.15, 0.2) is 24.3 Å². The van der Waals surface area contributed by atoms with Crippen molar-refractivity contribution in [3.05, 3.63) is 35.5 Å². The van der Waals surface area contributed by atoms with Crippen molar-refractivity contribution in [3.8, 4) is 0 Å². The molecule has 1 amide bonds. The summed E-state index contributed by atoms with van der Waals surface area (Å²) < 4.78 is 0. The molecule has 4 nitrogen and oxygen atoms in total. The number of amides is 1. The molecule has 2 aliphatic rings. The van der Waals surface area contributed by atoms with Crippen molar-refractivity contribution in [3.63, 3.8) is 0 Å². The molecule has 0 aromatic carbocycles. The first-order valence-corrected chi connectivity index (χ1v) is 5.40. The predicted molar refractivity (Wildman–Crippen MR) is 75.8 cm³/mol. The molecule has 1 aromatic rings. The first kappa shape index (κ1) is 15.0. The number of halogens is 2. The van der Waals surface area contributed by atoms with Crippen molar-refractivity contribution >= 4 is 36.5 Å². The maximum atomic E-state index is 12.1. The summed E-state index contributed by atoms with van der Waals surface area (Å²) in [5.74, 6) is 0.724. The van der Waals surface area contributed by atoms with Crippen molar-refractivity contribution in [2.45, 2.75) is 12.3 Å². The van der Waals surface area contributed by atoms with E-state index in [2.05, 4.69) is 15.6 Å². The van der Waals surface area contributed by atoms with Gasteiger partial charge in [0, 0.05) is 24.3 Å². The number of nitrogens with one attached hydrogen (secondary N) is 2. The summed E-state index contributed by atoms with van der Waals surface area (Å²) in [5.41, 5.74) is 1.35. The number of fused-ring (bicyclic) bond motifs is 2. The molecule has 2 N–H and O–H groups in total. The summed E-state index contributed by atoms with van der Waals surface area (Å²) in [6.07, 6.45) is 3.99. The Labute approximate surface area is 118 Å². The molecule has 0 fully saturated rings. The monoisotopic (exact) mass is 287 g/mol. The highest BCUT2D eigenvalue weighted by Gasteiger charge is 2.46. The topological polar surface area (TPSA) is 54.0 Å². The van der Waals surface area contributed by atoms with Crippen LogP contribution in [-0.4, -0.2) is 24.0 Å². The van der Waals surface area contributed by atoms with Crippen LogP contribution >= 0.6 is 24.8 Å². The molecule has 0 saturated carbocycles. The van der Waals surface area contributed by atoms with Gasteiger partial charge in [-0.05, 0) is 13.0 Å². The molecule has 18 heavy (non-hydrogen) atoms. The van der Waals surface area contributed by atoms with E-state index in [1.807, 2.05) is 31.2 Å². The van der Waals surface area contributed by atoms with E-state index in [0.29, 0.717) is 12.4 Å². The molecule has 0 saturated heterocycles. The van der Waals surface area contributed by atoms with E-state index in [-0.39, 0.29) is 30.7 Å². The maximum absolute atomic E-state index is 12.1. The van der Waals surface area contributed by atoms with E-state index in [0.717, 1.165) is 17.8 Å². The molecule has 1 atom stereocenters. The van der Waals surface area contributed by atoms with Gasteiger partial charge in [0.25, 0.3) is 0 Å². The van der Waals surface area contributed by atoms with Gasteiger partial charge in [-0.1, -0.05) is 18.2 Å². The highest BCUT2D eigenvalue weighted by molar-refractivity contribution is 6.07. The third-order valence-corrected chi connectivity index (χ3v) is 3.22. The van der Waals surface area contributed by atoms with Crippen LogP contribution in [0.4, 0.5) is 5.82 Å². The fraction of sp³-hybridized carbons (Fsp3) is 0.333. The Balaban J connectivity index is 0.000000810. The van der Waals surface area contributed by atoms with Crippen LogP contribution < -0.4 is 10.6 Å². The maximum Gasteiger partial charge on any atom is 0.241 e. The quantitative estimate of drug-likeness (QED) is 0.713. The zero-order chi connectivity index (χ0) is 11.2. The average Bonchev–Trinajstić information content (AvgIpc) is 2.53. The fourth-order valence-corrected chi connectivity index (χ4v) is 2.37. The highest BCUT2D eigenvalue weighted by Crippen LogP contribution is 2.38. The van der Waals surface area contributed by atoms with Gasteiger partial charge in [-0.2, -0.15) is 0 Å². The molecule has 98 valence electrons. The number of carbonyl (C=O) groups is 1. The van der Waals surface area contributed by atoms with Gasteiger partial charge >= 0.3 is 0 Å². The summed E-state index contributed by atoms with van der Waals surface area (Å²) >= 11 is 0. The van der Waals surface area contributed by atoms with Crippen LogP contribution in [0.2, 0.25) is 0 Å². The van der Waals surface area contributed by atoms with Gasteiger partial charge < -0.3 is 10.6 Å². The minimum atomic E-state index is -0.547. The largest absolute Gasteiger partial charge is 0.312 e. The van der Waals surface area contributed by atoms with Crippen LogP contribution in [0, 0.1) is 6.92 Å². The molecule has 6 heteroatoms. The Kier molecular flexibility index (Phi) is 4.37. The summed E-state index contributed by atoms with van der Waals surface area (Å²) in [6.45, 7) is 3.39. The Hall–Kier alpha value is -1.10. The summed E-state index contributed by atoms with van der Waals surface area (Å²) in [4.78, 5) is 16.4. The lowest BCUT2D eigenvalue weighted by Gasteiger charge is -2.26. The molecule has 0 bridgehead atoms. The zero-order valence-electron chi connectivity index (χ0n) is 9.90. The minimum Gasteiger partial charge on any atom is -0.312 e. The standard InChI is InChI=1S/C12H13N3O.2ClH/c1-8-3-4-9-10(14-8)15-11(16)12(9)5-2-6-13-7-12;;/h2-5,13H,6-7H2,1H3,(H,14,15,16);2*1H/t12-;;/m0../s1. The summed E-state index contributed by atoms with van der Waals surface area (Å²) in [6, 6.07) is 3.94. The third kappa shape index (κ3) is 2.00. The van der Waals surface area contributed by atoms with E-state index in [1.54, 1.807) is 0 Å². The number of rotatable bonds is 0. The SMILES string of the molecule is Cc1ccc2c(n1)NC(=O)[C@]21C=CCNC1.Cl.Cl. The molecular formula is C12H15Cl2N3O. The average molecular weight is 288 g/mol. The number of aromatic nitrogens is 1. The van der Waals surface area contributed by atoms with E-state index >= 15 is 0 Å². The lowest BCUT2D eigenvalue weighted by molar-refractivity contribution is -0.119. The van der Waals surface area contributed by atoms with Crippen molar-refractivity contribution in [1.82, 2.24) is 10.3 Å². The Bertz CT molecular complexity index is 504. The van der Waals surface area contributed by atoms with Gasteiger partial charge in [-0.3, -0.25) is 4.79 Å². The van der Waals surface area contributed by atoms with E-state index in [1.165, 1.54) is 0 Å². The van der Waals surface area contributed by atoms with Crippen LogP contribution in [0.25, 0.3) is 0 Å². The van der Waals surface area contributed by atoms with Crippen molar-refractivity contribution < 1.29 is 4.79 Å². The molecule has 3 heterocycles. The van der Waals surface area contributed by atoms with Gasteiger partial charge in [-0.25, -0.2) is 4.98 Å². The molecule has 0 radical (unpaired) electrons. The lowest BCUT2D eigenvalue weighted by atomic mass is 9.80. The van der Waals surface area contributed by atoms with Gasteiger partial charge in [-0.15, -0.1) is 24.8 Å². The van der Waals surface area contributed by atoms with E-state index in [9.17, 15) is 4.79 Å². The summed E-state index contributed by atoms with van der Waals surface area (Å²) in [5, 5.41) is 6.09. The van der Waals surface area contributed by atoms with Gasteiger partial charge in [0.2, 0.25) is 5.91 Å². The van der Waals surface area contributed by atoms with Crippen molar-refractivity contribution in [1.29, 1.82) is 0 Å². The first-order valence-electron chi connectivity index (χ1n) is 5.40. The molecule has 3 rings (SSSR count). The van der Waals surface area contributed by atoms with Gasteiger partial charge in [0.15, 0.2) is 0 Å². The van der Waals surface area contributed by atoms with E-state index < -0.39 is 5.41 Å². The fourth-order valence-electron chi connectivity index (χ4n) is 2.37. The molecular weight excluding hydrogens is 273 g/mol. The van der Waals surface area contributed by atoms with Crippen LogP contribution in [0.3, 0.4) is 0 Å². The molecule has 1 spiro atoms. The normalized spacial score (nSPS) is 23.9. The number of hydrogen-bond acceptors (Lipinski definition) is 3. The number of hydrogen-bond donors (Lipinski definition) is 2. The van der Waals surface area contributed by atoms with Gasteiger partial charge in [0.05, 0.1) is 0 Å². The number of anilines is 1. The van der Waals surface area contributed by atoms with Crippen LogP contribution in [0.1, 0.15) is 11.3 Å². The van der Waals surface area contributed by atoms with Crippen molar-refractivity contribution in [2.24, 2.45) is 0 Å². The highest BCUT2D eigenvalue weighted by atomic mass is 35.5. The second-order valence-electron chi connectivity index (χ2n) is 4.31. The second-order valence-corrected chi connectivity index (χ2v) is 4.31. The Morgan fingerprint density at radius 2 is 2.11 bits per heavy atom. The molecule has 1 aromatic heterocycles. The molecule has 0 unspecified atom stereocenters. The third-order valence-electron chi connectivity index (χ3n) is 3.22. The second kappa shape index (κ2) is 5.26. The number of nitrogens with zero attached hydrogens (tertiary/aromatic N) is 1. The summed E-state index contributed by atoms with van der Waals surface area (Å²) in [7, 11) is 0. The molecule has 2 aliphatic heterocycles. The first-order chi connectivity index (χ1) is 7.72. The number of carbonyl (C=O) groups excluding carboxylic acids is 1.